The number of nitrogens with one attached hydrogen (secondary N) is 1. The van der Waals surface area contributed by atoms with Crippen LogP contribution in [-0.4, -0.2) is 23.6 Å². The number of rotatable bonds is 5. The SMILES string of the molecule is CCNC(c1ccc(C)c(Cl)c1)c1cc(OC)ncn1. The van der Waals surface area contributed by atoms with Crippen LogP contribution in [0.5, 0.6) is 5.88 Å². The molecule has 0 amide bonds. The largest absolute Gasteiger partial charge is 0.481 e. The van der Waals surface area contributed by atoms with Crippen molar-refractivity contribution in [2.24, 2.45) is 0 Å². The molecule has 1 atom stereocenters. The van der Waals surface area contributed by atoms with Crippen molar-refractivity contribution >= 4 is 11.6 Å². The smallest absolute Gasteiger partial charge is 0.216 e. The summed E-state index contributed by atoms with van der Waals surface area (Å²) in [6, 6.07) is 7.85. The van der Waals surface area contributed by atoms with Crippen LogP contribution in [-0.2, 0) is 0 Å². The highest BCUT2D eigenvalue weighted by Gasteiger charge is 2.16. The van der Waals surface area contributed by atoms with Gasteiger partial charge in [-0.2, -0.15) is 0 Å². The van der Waals surface area contributed by atoms with Gasteiger partial charge in [-0.05, 0) is 30.7 Å². The molecule has 0 aliphatic rings. The molecule has 4 nitrogen and oxygen atoms in total. The van der Waals surface area contributed by atoms with E-state index in [0.29, 0.717) is 5.88 Å². The summed E-state index contributed by atoms with van der Waals surface area (Å²) >= 11 is 6.22. The van der Waals surface area contributed by atoms with Crippen molar-refractivity contribution in [2.45, 2.75) is 19.9 Å². The van der Waals surface area contributed by atoms with Gasteiger partial charge in [-0.1, -0.05) is 30.7 Å². The van der Waals surface area contributed by atoms with Crippen LogP contribution in [0.15, 0.2) is 30.6 Å². The van der Waals surface area contributed by atoms with Gasteiger partial charge in [0.25, 0.3) is 0 Å². The van der Waals surface area contributed by atoms with Crippen molar-refractivity contribution in [1.29, 1.82) is 0 Å². The number of benzene rings is 1. The van der Waals surface area contributed by atoms with E-state index in [1.807, 2.05) is 25.1 Å². The maximum atomic E-state index is 6.22. The number of methoxy groups -OCH3 is 1. The van der Waals surface area contributed by atoms with Crippen molar-refractivity contribution in [1.82, 2.24) is 15.3 Å². The fourth-order valence-electron chi connectivity index (χ4n) is 2.01. The summed E-state index contributed by atoms with van der Waals surface area (Å²) in [7, 11) is 1.59. The minimum Gasteiger partial charge on any atom is -0.481 e. The summed E-state index contributed by atoms with van der Waals surface area (Å²) in [5.41, 5.74) is 2.99. The Bertz CT molecular complexity index is 589. The molecule has 2 rings (SSSR count). The van der Waals surface area contributed by atoms with E-state index in [-0.39, 0.29) is 6.04 Å². The lowest BCUT2D eigenvalue weighted by molar-refractivity contribution is 0.395. The van der Waals surface area contributed by atoms with Gasteiger partial charge in [0.2, 0.25) is 5.88 Å². The highest BCUT2D eigenvalue weighted by atomic mass is 35.5. The Morgan fingerprint density at radius 2 is 2.10 bits per heavy atom. The maximum absolute atomic E-state index is 6.22. The van der Waals surface area contributed by atoms with Crippen LogP contribution < -0.4 is 10.1 Å². The molecule has 0 aliphatic heterocycles. The average molecular weight is 292 g/mol. The highest BCUT2D eigenvalue weighted by Crippen LogP contribution is 2.26. The van der Waals surface area contributed by atoms with Crippen LogP contribution in [0.4, 0.5) is 0 Å². The first-order chi connectivity index (χ1) is 9.65. The van der Waals surface area contributed by atoms with Crippen molar-refractivity contribution in [2.75, 3.05) is 13.7 Å². The Kier molecular flexibility index (Phi) is 4.93. The van der Waals surface area contributed by atoms with Gasteiger partial charge in [-0.15, -0.1) is 0 Å². The molecular weight excluding hydrogens is 274 g/mol. The third-order valence-corrected chi connectivity index (χ3v) is 3.51. The Morgan fingerprint density at radius 3 is 2.75 bits per heavy atom. The quantitative estimate of drug-likeness (QED) is 0.919. The first-order valence-corrected chi connectivity index (χ1v) is 6.89. The van der Waals surface area contributed by atoms with Gasteiger partial charge in [0.15, 0.2) is 0 Å². The maximum Gasteiger partial charge on any atom is 0.216 e. The Balaban J connectivity index is 2.41. The number of hydrogen-bond donors (Lipinski definition) is 1. The molecule has 20 heavy (non-hydrogen) atoms. The van der Waals surface area contributed by atoms with Crippen molar-refractivity contribution < 1.29 is 4.74 Å². The van der Waals surface area contributed by atoms with E-state index in [0.717, 1.165) is 28.4 Å². The summed E-state index contributed by atoms with van der Waals surface area (Å²) in [6.07, 6.45) is 1.51. The van der Waals surface area contributed by atoms with E-state index in [4.69, 9.17) is 16.3 Å². The normalized spacial score (nSPS) is 12.2. The Morgan fingerprint density at radius 1 is 1.30 bits per heavy atom. The van der Waals surface area contributed by atoms with E-state index in [2.05, 4.69) is 28.3 Å². The molecule has 0 bridgehead atoms. The Labute approximate surface area is 124 Å². The van der Waals surface area contributed by atoms with E-state index in [1.165, 1.54) is 6.33 Å². The molecule has 1 heterocycles. The molecule has 0 fully saturated rings. The van der Waals surface area contributed by atoms with Crippen LogP contribution in [0.25, 0.3) is 0 Å². The molecule has 106 valence electrons. The number of ether oxygens (including phenoxy) is 1. The molecule has 0 aliphatic carbocycles. The van der Waals surface area contributed by atoms with Gasteiger partial charge in [0.1, 0.15) is 6.33 Å². The van der Waals surface area contributed by atoms with Gasteiger partial charge < -0.3 is 10.1 Å². The van der Waals surface area contributed by atoms with Gasteiger partial charge in [-0.3, -0.25) is 0 Å². The second kappa shape index (κ2) is 6.68. The molecule has 1 aromatic heterocycles. The molecule has 0 saturated heterocycles. The lowest BCUT2D eigenvalue weighted by Gasteiger charge is -2.18. The fourth-order valence-corrected chi connectivity index (χ4v) is 2.20. The molecule has 0 radical (unpaired) electrons. The first kappa shape index (κ1) is 14.8. The summed E-state index contributed by atoms with van der Waals surface area (Å²) in [5, 5.41) is 4.16. The lowest BCUT2D eigenvalue weighted by Crippen LogP contribution is -2.23. The van der Waals surface area contributed by atoms with Crippen LogP contribution in [0.1, 0.15) is 29.8 Å². The molecule has 1 unspecified atom stereocenters. The zero-order valence-corrected chi connectivity index (χ0v) is 12.6. The topological polar surface area (TPSA) is 47.0 Å². The summed E-state index contributed by atoms with van der Waals surface area (Å²) in [5.74, 6) is 0.552. The molecule has 0 spiro atoms. The summed E-state index contributed by atoms with van der Waals surface area (Å²) in [4.78, 5) is 8.38. The summed E-state index contributed by atoms with van der Waals surface area (Å²) < 4.78 is 5.16. The van der Waals surface area contributed by atoms with Gasteiger partial charge >= 0.3 is 0 Å². The third kappa shape index (κ3) is 3.26. The predicted octanol–water partition coefficient (Wildman–Crippen LogP) is 3.15. The van der Waals surface area contributed by atoms with Gasteiger partial charge in [-0.25, -0.2) is 9.97 Å². The van der Waals surface area contributed by atoms with Crippen LogP contribution in [0.3, 0.4) is 0 Å². The highest BCUT2D eigenvalue weighted by molar-refractivity contribution is 6.31. The second-order valence-electron chi connectivity index (χ2n) is 4.48. The zero-order chi connectivity index (χ0) is 14.5. The van der Waals surface area contributed by atoms with Crippen LogP contribution in [0, 0.1) is 6.92 Å². The minimum atomic E-state index is -0.0324. The van der Waals surface area contributed by atoms with Gasteiger partial charge in [0.05, 0.1) is 18.8 Å². The molecule has 1 N–H and O–H groups in total. The number of halogens is 1. The van der Waals surface area contributed by atoms with Crippen LogP contribution in [0.2, 0.25) is 5.02 Å². The number of aromatic nitrogens is 2. The van der Waals surface area contributed by atoms with E-state index in [1.54, 1.807) is 7.11 Å². The minimum absolute atomic E-state index is 0.0324. The van der Waals surface area contributed by atoms with Crippen molar-refractivity contribution in [3.05, 3.63) is 52.4 Å². The van der Waals surface area contributed by atoms with Crippen molar-refractivity contribution in [3.63, 3.8) is 0 Å². The molecular formula is C15H18ClN3O. The second-order valence-corrected chi connectivity index (χ2v) is 4.89. The monoisotopic (exact) mass is 291 g/mol. The predicted molar refractivity (Wildman–Crippen MR) is 80.3 cm³/mol. The molecule has 1 aromatic carbocycles. The lowest BCUT2D eigenvalue weighted by atomic mass is 10.0. The third-order valence-electron chi connectivity index (χ3n) is 3.11. The van der Waals surface area contributed by atoms with Gasteiger partial charge in [0, 0.05) is 11.1 Å². The van der Waals surface area contributed by atoms with E-state index >= 15 is 0 Å². The van der Waals surface area contributed by atoms with E-state index < -0.39 is 0 Å². The first-order valence-electron chi connectivity index (χ1n) is 6.51. The van der Waals surface area contributed by atoms with Crippen molar-refractivity contribution in [3.8, 4) is 5.88 Å². The van der Waals surface area contributed by atoms with E-state index in [9.17, 15) is 0 Å². The molecule has 5 heteroatoms. The molecule has 2 aromatic rings. The Hall–Kier alpha value is -1.65. The standard InChI is InChI=1S/C15H18ClN3O/c1-4-17-15(11-6-5-10(2)12(16)7-11)13-8-14(20-3)19-9-18-13/h5-9,15,17H,4H2,1-3H3. The summed E-state index contributed by atoms with van der Waals surface area (Å²) in [6.45, 7) is 4.87. The van der Waals surface area contributed by atoms with Crippen LogP contribution >= 0.6 is 11.6 Å². The average Bonchev–Trinajstić information content (AvgIpc) is 2.48. The zero-order valence-electron chi connectivity index (χ0n) is 11.9. The molecule has 0 saturated carbocycles. The number of hydrogen-bond acceptors (Lipinski definition) is 4. The number of nitrogens with zero attached hydrogens (tertiary/aromatic N) is 2. The fraction of sp³-hybridized carbons (Fsp3) is 0.333. The number of aryl methyl sites for hydroxylation is 1.